The quantitative estimate of drug-likeness (QED) is 0.759. The van der Waals surface area contributed by atoms with Gasteiger partial charge >= 0.3 is 0 Å². The Kier molecular flexibility index (Phi) is 5.21. The van der Waals surface area contributed by atoms with E-state index in [1.54, 1.807) is 0 Å². The molecule has 3 nitrogen and oxygen atoms in total. The Labute approximate surface area is 152 Å². The van der Waals surface area contributed by atoms with Gasteiger partial charge in [0.15, 0.2) is 0 Å². The Morgan fingerprint density at radius 3 is 2.80 bits per heavy atom. The van der Waals surface area contributed by atoms with Gasteiger partial charge in [-0.25, -0.2) is 0 Å². The molecule has 3 aliphatic rings. The third-order valence-electron chi connectivity index (χ3n) is 6.35. The molecule has 0 radical (unpaired) electrons. The van der Waals surface area contributed by atoms with E-state index in [1.807, 2.05) is 0 Å². The van der Waals surface area contributed by atoms with Crippen molar-refractivity contribution >= 4 is 5.69 Å². The van der Waals surface area contributed by atoms with Crippen molar-refractivity contribution in [2.75, 3.05) is 18.5 Å². The molecule has 1 unspecified atom stereocenters. The number of rotatable bonds is 5. The molecule has 138 valence electrons. The fraction of sp³-hybridized carbons (Fsp3) is 0.727. The van der Waals surface area contributed by atoms with Gasteiger partial charge < -0.3 is 14.8 Å². The summed E-state index contributed by atoms with van der Waals surface area (Å²) in [6.07, 6.45) is 9.40. The van der Waals surface area contributed by atoms with E-state index in [2.05, 4.69) is 37.4 Å². The minimum atomic E-state index is 0.254. The second kappa shape index (κ2) is 7.57. The zero-order valence-electron chi connectivity index (χ0n) is 15.8. The smallest absolute Gasteiger partial charge is 0.119 e. The number of hydrogen-bond acceptors (Lipinski definition) is 3. The second-order valence-electron chi connectivity index (χ2n) is 8.59. The first-order valence-corrected chi connectivity index (χ1v) is 10.4. The van der Waals surface area contributed by atoms with Crippen LogP contribution in [0, 0.1) is 17.8 Å². The summed E-state index contributed by atoms with van der Waals surface area (Å²) < 4.78 is 12.3. The van der Waals surface area contributed by atoms with Crippen LogP contribution in [0.15, 0.2) is 18.2 Å². The standard InChI is InChI=1S/C22H33NO2/c1-15(2)11-13-24-17-9-10-20-19(14-17)22-18(8-5-12-25-22)21(23-20)16-6-3-4-7-16/h9-10,14-16,18,21-23H,3-8,11-13H2,1-2H3/t18-,21?,22-/m0/s1. The van der Waals surface area contributed by atoms with E-state index in [4.69, 9.17) is 9.47 Å². The van der Waals surface area contributed by atoms with E-state index in [-0.39, 0.29) is 6.10 Å². The average molecular weight is 344 g/mol. The fourth-order valence-corrected chi connectivity index (χ4v) is 4.97. The maximum atomic E-state index is 6.30. The SMILES string of the molecule is CC(C)CCOc1ccc2c(c1)[C@H]1OCCC[C@H]1C(C1CCCC1)N2. The molecule has 2 aliphatic heterocycles. The Morgan fingerprint density at radius 1 is 1.16 bits per heavy atom. The molecule has 1 aromatic rings. The number of anilines is 1. The van der Waals surface area contributed by atoms with Crippen LogP contribution in [0.1, 0.15) is 70.5 Å². The molecular formula is C22H33NO2. The van der Waals surface area contributed by atoms with E-state index in [1.165, 1.54) is 49.8 Å². The number of ether oxygens (including phenoxy) is 2. The molecule has 25 heavy (non-hydrogen) atoms. The Bertz CT molecular complexity index is 579. The monoisotopic (exact) mass is 343 g/mol. The Morgan fingerprint density at radius 2 is 2.00 bits per heavy atom. The summed E-state index contributed by atoms with van der Waals surface area (Å²) in [4.78, 5) is 0. The predicted molar refractivity (Wildman–Crippen MR) is 102 cm³/mol. The van der Waals surface area contributed by atoms with Gasteiger partial charge in [-0.2, -0.15) is 0 Å². The molecule has 1 saturated heterocycles. The van der Waals surface area contributed by atoms with Crippen LogP contribution in [0.3, 0.4) is 0 Å². The van der Waals surface area contributed by atoms with Crippen LogP contribution in [0.4, 0.5) is 5.69 Å². The minimum Gasteiger partial charge on any atom is -0.494 e. The molecule has 0 amide bonds. The lowest BCUT2D eigenvalue weighted by atomic mass is 9.75. The molecule has 3 atom stereocenters. The van der Waals surface area contributed by atoms with Gasteiger partial charge in [0.2, 0.25) is 0 Å². The van der Waals surface area contributed by atoms with Gasteiger partial charge in [-0.1, -0.05) is 26.7 Å². The van der Waals surface area contributed by atoms with E-state index in [0.717, 1.165) is 31.3 Å². The zero-order valence-corrected chi connectivity index (χ0v) is 15.8. The summed E-state index contributed by atoms with van der Waals surface area (Å²) >= 11 is 0. The molecule has 1 N–H and O–H groups in total. The highest BCUT2D eigenvalue weighted by Gasteiger charge is 2.42. The first-order valence-electron chi connectivity index (χ1n) is 10.4. The zero-order chi connectivity index (χ0) is 17.2. The van der Waals surface area contributed by atoms with Crippen molar-refractivity contribution in [3.63, 3.8) is 0 Å². The van der Waals surface area contributed by atoms with Crippen molar-refractivity contribution in [3.05, 3.63) is 23.8 Å². The van der Waals surface area contributed by atoms with Crippen LogP contribution in [0.2, 0.25) is 0 Å². The lowest BCUT2D eigenvalue weighted by Gasteiger charge is -2.45. The summed E-state index contributed by atoms with van der Waals surface area (Å²) in [5.41, 5.74) is 2.59. The normalized spacial score (nSPS) is 29.2. The first-order chi connectivity index (χ1) is 12.2. The molecule has 0 aromatic heterocycles. The van der Waals surface area contributed by atoms with Crippen molar-refractivity contribution in [2.24, 2.45) is 17.8 Å². The summed E-state index contributed by atoms with van der Waals surface area (Å²) in [5, 5.41) is 3.90. The maximum absolute atomic E-state index is 6.30. The summed E-state index contributed by atoms with van der Waals surface area (Å²) in [5.74, 6) is 3.12. The summed E-state index contributed by atoms with van der Waals surface area (Å²) in [6.45, 7) is 6.17. The van der Waals surface area contributed by atoms with Crippen molar-refractivity contribution in [2.45, 2.75) is 70.9 Å². The second-order valence-corrected chi connectivity index (χ2v) is 8.59. The molecule has 1 saturated carbocycles. The van der Waals surface area contributed by atoms with E-state index < -0.39 is 0 Å². The molecule has 4 rings (SSSR count). The Hall–Kier alpha value is -1.22. The fourth-order valence-electron chi connectivity index (χ4n) is 4.97. The maximum Gasteiger partial charge on any atom is 0.119 e. The van der Waals surface area contributed by atoms with Crippen LogP contribution < -0.4 is 10.1 Å². The first kappa shape index (κ1) is 17.2. The van der Waals surface area contributed by atoms with Gasteiger partial charge in [-0.05, 0) is 62.1 Å². The van der Waals surface area contributed by atoms with Gasteiger partial charge in [0.25, 0.3) is 0 Å². The summed E-state index contributed by atoms with van der Waals surface area (Å²) in [7, 11) is 0. The molecule has 1 aromatic carbocycles. The van der Waals surface area contributed by atoms with E-state index in [9.17, 15) is 0 Å². The van der Waals surface area contributed by atoms with Crippen LogP contribution in [0.25, 0.3) is 0 Å². The van der Waals surface area contributed by atoms with Gasteiger partial charge in [0, 0.05) is 29.8 Å². The van der Waals surface area contributed by atoms with E-state index >= 15 is 0 Å². The van der Waals surface area contributed by atoms with Crippen LogP contribution >= 0.6 is 0 Å². The van der Waals surface area contributed by atoms with Crippen LogP contribution in [0.5, 0.6) is 5.75 Å². The lowest BCUT2D eigenvalue weighted by Crippen LogP contribution is -2.45. The number of nitrogens with one attached hydrogen (secondary N) is 1. The third kappa shape index (κ3) is 3.67. The molecular weight excluding hydrogens is 310 g/mol. The highest BCUT2D eigenvalue weighted by Crippen LogP contribution is 2.48. The van der Waals surface area contributed by atoms with Crippen molar-refractivity contribution in [3.8, 4) is 5.75 Å². The predicted octanol–water partition coefficient (Wildman–Crippen LogP) is 5.56. The highest BCUT2D eigenvalue weighted by molar-refractivity contribution is 5.58. The van der Waals surface area contributed by atoms with Crippen molar-refractivity contribution < 1.29 is 9.47 Å². The molecule has 2 fully saturated rings. The lowest BCUT2D eigenvalue weighted by molar-refractivity contribution is -0.0437. The highest BCUT2D eigenvalue weighted by atomic mass is 16.5. The summed E-state index contributed by atoms with van der Waals surface area (Å²) in [6, 6.07) is 7.17. The third-order valence-corrected chi connectivity index (χ3v) is 6.35. The van der Waals surface area contributed by atoms with Gasteiger partial charge in [0.1, 0.15) is 5.75 Å². The molecule has 1 aliphatic carbocycles. The van der Waals surface area contributed by atoms with E-state index in [0.29, 0.717) is 17.9 Å². The largest absolute Gasteiger partial charge is 0.494 e. The molecule has 0 spiro atoms. The van der Waals surface area contributed by atoms with Crippen molar-refractivity contribution in [1.82, 2.24) is 0 Å². The molecule has 2 heterocycles. The average Bonchev–Trinajstić information content (AvgIpc) is 3.15. The number of hydrogen-bond donors (Lipinski definition) is 1. The molecule has 3 heteroatoms. The minimum absolute atomic E-state index is 0.254. The topological polar surface area (TPSA) is 30.5 Å². The Balaban J connectivity index is 1.55. The van der Waals surface area contributed by atoms with Gasteiger partial charge in [-0.3, -0.25) is 0 Å². The van der Waals surface area contributed by atoms with Gasteiger partial charge in [-0.15, -0.1) is 0 Å². The van der Waals surface area contributed by atoms with Gasteiger partial charge in [0.05, 0.1) is 12.7 Å². The van der Waals surface area contributed by atoms with Crippen molar-refractivity contribution in [1.29, 1.82) is 0 Å². The number of benzene rings is 1. The van der Waals surface area contributed by atoms with Crippen LogP contribution in [-0.4, -0.2) is 19.3 Å². The van der Waals surface area contributed by atoms with Crippen LogP contribution in [-0.2, 0) is 4.74 Å². The number of fused-ring (bicyclic) bond motifs is 3. The molecule has 0 bridgehead atoms.